The third kappa shape index (κ3) is 6.60. The Morgan fingerprint density at radius 1 is 1.25 bits per heavy atom. The molecule has 0 aliphatic carbocycles. The Labute approximate surface area is 127 Å². The van der Waals surface area contributed by atoms with Gasteiger partial charge in [-0.3, -0.25) is 0 Å². The summed E-state index contributed by atoms with van der Waals surface area (Å²) in [5.41, 5.74) is 1.10. The molecule has 2 N–H and O–H groups in total. The van der Waals surface area contributed by atoms with Crippen molar-refractivity contribution in [2.45, 2.75) is 39.7 Å². The Balaban J connectivity index is 2.49. The number of para-hydroxylation sites is 1. The summed E-state index contributed by atoms with van der Waals surface area (Å²) in [5.74, 6) is 1.41. The van der Waals surface area contributed by atoms with Crippen LogP contribution in [0.15, 0.2) is 18.2 Å². The molecule has 114 valence electrons. The van der Waals surface area contributed by atoms with E-state index in [0.29, 0.717) is 17.5 Å². The highest BCUT2D eigenvalue weighted by Crippen LogP contribution is 2.28. The minimum absolute atomic E-state index is 0.246. The maximum Gasteiger partial charge on any atom is 0.142 e. The van der Waals surface area contributed by atoms with Gasteiger partial charge >= 0.3 is 0 Å². The molecule has 0 amide bonds. The molecule has 0 fully saturated rings. The van der Waals surface area contributed by atoms with Crippen LogP contribution in [0.1, 0.15) is 38.7 Å². The van der Waals surface area contributed by atoms with Crippen LogP contribution < -0.4 is 10.1 Å². The van der Waals surface area contributed by atoms with E-state index in [2.05, 4.69) is 19.2 Å². The molecular formula is C16H26ClNO2. The minimum Gasteiger partial charge on any atom is -0.492 e. The molecular weight excluding hydrogens is 274 g/mol. The van der Waals surface area contributed by atoms with Crippen LogP contribution in [0.5, 0.6) is 5.75 Å². The second kappa shape index (κ2) is 10.0. The average Bonchev–Trinajstić information content (AvgIpc) is 2.40. The highest BCUT2D eigenvalue weighted by atomic mass is 35.5. The zero-order chi connectivity index (χ0) is 14.8. The lowest BCUT2D eigenvalue weighted by Gasteiger charge is -2.14. The fourth-order valence-corrected chi connectivity index (χ4v) is 2.16. The molecule has 1 aromatic rings. The first-order valence-corrected chi connectivity index (χ1v) is 7.74. The first-order chi connectivity index (χ1) is 9.65. The van der Waals surface area contributed by atoms with Gasteiger partial charge in [-0.25, -0.2) is 0 Å². The van der Waals surface area contributed by atoms with E-state index in [4.69, 9.17) is 21.4 Å². The van der Waals surface area contributed by atoms with E-state index < -0.39 is 0 Å². The van der Waals surface area contributed by atoms with Gasteiger partial charge < -0.3 is 15.2 Å². The van der Waals surface area contributed by atoms with E-state index in [1.165, 1.54) is 0 Å². The number of rotatable bonds is 10. The van der Waals surface area contributed by atoms with Crippen LogP contribution >= 0.6 is 11.6 Å². The number of unbranched alkanes of at least 4 members (excludes halogenated alkanes) is 2. The average molecular weight is 300 g/mol. The van der Waals surface area contributed by atoms with Crippen LogP contribution in [-0.2, 0) is 6.54 Å². The largest absolute Gasteiger partial charge is 0.492 e. The molecule has 0 heterocycles. The summed E-state index contributed by atoms with van der Waals surface area (Å²) in [6, 6.07) is 5.85. The molecule has 4 heteroatoms. The molecule has 0 spiro atoms. The van der Waals surface area contributed by atoms with E-state index in [9.17, 15) is 0 Å². The topological polar surface area (TPSA) is 41.5 Å². The van der Waals surface area contributed by atoms with Crippen LogP contribution in [0, 0.1) is 5.92 Å². The van der Waals surface area contributed by atoms with Gasteiger partial charge in [-0.1, -0.05) is 37.6 Å². The van der Waals surface area contributed by atoms with Gasteiger partial charge in [0.2, 0.25) is 0 Å². The molecule has 0 unspecified atom stereocenters. The van der Waals surface area contributed by atoms with Gasteiger partial charge in [0.1, 0.15) is 5.75 Å². The first kappa shape index (κ1) is 17.3. The Kier molecular flexibility index (Phi) is 8.67. The Morgan fingerprint density at radius 3 is 2.75 bits per heavy atom. The molecule has 20 heavy (non-hydrogen) atoms. The second-order valence-electron chi connectivity index (χ2n) is 5.39. The van der Waals surface area contributed by atoms with Crippen molar-refractivity contribution in [2.24, 2.45) is 5.92 Å². The van der Waals surface area contributed by atoms with Crippen molar-refractivity contribution < 1.29 is 9.84 Å². The van der Waals surface area contributed by atoms with E-state index in [-0.39, 0.29) is 6.61 Å². The second-order valence-corrected chi connectivity index (χ2v) is 5.79. The van der Waals surface area contributed by atoms with Gasteiger partial charge in [0.25, 0.3) is 0 Å². The summed E-state index contributed by atoms with van der Waals surface area (Å²) >= 11 is 6.22. The monoisotopic (exact) mass is 299 g/mol. The van der Waals surface area contributed by atoms with Crippen molar-refractivity contribution in [1.29, 1.82) is 0 Å². The van der Waals surface area contributed by atoms with Crippen molar-refractivity contribution >= 4 is 11.6 Å². The molecule has 0 atom stereocenters. The Hall–Kier alpha value is -0.770. The summed E-state index contributed by atoms with van der Waals surface area (Å²) in [7, 11) is 0. The maximum absolute atomic E-state index is 8.74. The summed E-state index contributed by atoms with van der Waals surface area (Å²) in [5, 5.41) is 12.8. The Morgan fingerprint density at radius 2 is 2.05 bits per heavy atom. The van der Waals surface area contributed by atoms with Crippen LogP contribution in [0.4, 0.5) is 0 Å². The number of nitrogens with one attached hydrogen (secondary N) is 1. The summed E-state index contributed by atoms with van der Waals surface area (Å²) in [6.07, 6.45) is 2.74. The molecule has 1 aromatic carbocycles. The zero-order valence-electron chi connectivity index (χ0n) is 12.5. The van der Waals surface area contributed by atoms with Crippen molar-refractivity contribution in [2.75, 3.05) is 19.8 Å². The standard InChI is InChI=1S/C16H26ClNO2/c1-13(2)11-18-12-14-7-6-8-15(17)16(14)20-10-5-3-4-9-19/h6-8,13,18-19H,3-5,9-12H2,1-2H3. The predicted octanol–water partition coefficient (Wildman–Crippen LogP) is 3.63. The van der Waals surface area contributed by atoms with Crippen LogP contribution in [-0.4, -0.2) is 24.9 Å². The van der Waals surface area contributed by atoms with Gasteiger partial charge in [-0.2, -0.15) is 0 Å². The van der Waals surface area contributed by atoms with Gasteiger partial charge in [0.05, 0.1) is 11.6 Å². The quantitative estimate of drug-likeness (QED) is 0.648. The van der Waals surface area contributed by atoms with Crippen molar-refractivity contribution in [3.05, 3.63) is 28.8 Å². The number of benzene rings is 1. The summed E-state index contributed by atoms with van der Waals surface area (Å²) < 4.78 is 5.82. The van der Waals surface area contributed by atoms with E-state index in [1.807, 2.05) is 18.2 Å². The van der Waals surface area contributed by atoms with Crippen molar-refractivity contribution in [1.82, 2.24) is 5.32 Å². The predicted molar refractivity (Wildman–Crippen MR) is 84.4 cm³/mol. The van der Waals surface area contributed by atoms with Crippen LogP contribution in [0.25, 0.3) is 0 Å². The summed E-state index contributed by atoms with van der Waals surface area (Å²) in [4.78, 5) is 0. The summed E-state index contributed by atoms with van der Waals surface area (Å²) in [6.45, 7) is 7.00. The van der Waals surface area contributed by atoms with E-state index in [0.717, 1.165) is 43.7 Å². The third-order valence-electron chi connectivity index (χ3n) is 2.97. The fraction of sp³-hybridized carbons (Fsp3) is 0.625. The minimum atomic E-state index is 0.246. The molecule has 0 saturated carbocycles. The molecule has 0 saturated heterocycles. The van der Waals surface area contributed by atoms with Gasteiger partial charge in [0.15, 0.2) is 0 Å². The SMILES string of the molecule is CC(C)CNCc1cccc(Cl)c1OCCCCCO. The molecule has 0 aliphatic heterocycles. The molecule has 0 radical (unpaired) electrons. The van der Waals surface area contributed by atoms with E-state index in [1.54, 1.807) is 0 Å². The Bertz CT molecular complexity index is 383. The van der Waals surface area contributed by atoms with Crippen LogP contribution in [0.2, 0.25) is 5.02 Å². The number of aliphatic hydroxyl groups excluding tert-OH is 1. The molecule has 0 bridgehead atoms. The molecule has 0 aromatic heterocycles. The molecule has 0 aliphatic rings. The van der Waals surface area contributed by atoms with Crippen LogP contribution in [0.3, 0.4) is 0 Å². The highest BCUT2D eigenvalue weighted by Gasteiger charge is 2.08. The fourth-order valence-electron chi connectivity index (χ4n) is 1.91. The maximum atomic E-state index is 8.74. The van der Waals surface area contributed by atoms with Crippen molar-refractivity contribution in [3.8, 4) is 5.75 Å². The number of halogens is 1. The van der Waals surface area contributed by atoms with Gasteiger partial charge in [-0.05, 0) is 37.8 Å². The number of hydrogen-bond donors (Lipinski definition) is 2. The lowest BCUT2D eigenvalue weighted by atomic mass is 10.1. The van der Waals surface area contributed by atoms with E-state index >= 15 is 0 Å². The third-order valence-corrected chi connectivity index (χ3v) is 3.26. The smallest absolute Gasteiger partial charge is 0.142 e. The first-order valence-electron chi connectivity index (χ1n) is 7.37. The lowest BCUT2D eigenvalue weighted by molar-refractivity contribution is 0.265. The lowest BCUT2D eigenvalue weighted by Crippen LogP contribution is -2.19. The highest BCUT2D eigenvalue weighted by molar-refractivity contribution is 6.32. The molecule has 3 nitrogen and oxygen atoms in total. The number of aliphatic hydroxyl groups is 1. The number of ether oxygens (including phenoxy) is 1. The van der Waals surface area contributed by atoms with Gasteiger partial charge in [-0.15, -0.1) is 0 Å². The van der Waals surface area contributed by atoms with Crippen molar-refractivity contribution in [3.63, 3.8) is 0 Å². The van der Waals surface area contributed by atoms with Gasteiger partial charge in [0, 0.05) is 18.7 Å². The zero-order valence-corrected chi connectivity index (χ0v) is 13.2. The normalized spacial score (nSPS) is 11.1. The number of hydrogen-bond acceptors (Lipinski definition) is 3. The molecule has 1 rings (SSSR count).